The van der Waals surface area contributed by atoms with Gasteiger partial charge < -0.3 is 25.2 Å². The van der Waals surface area contributed by atoms with Crippen molar-refractivity contribution in [2.75, 3.05) is 26.3 Å². The molecule has 1 heterocycles. The van der Waals surface area contributed by atoms with E-state index < -0.39 is 5.97 Å². The monoisotopic (exact) mass is 348 g/mol. The molecule has 7 heteroatoms. The van der Waals surface area contributed by atoms with Crippen molar-refractivity contribution in [3.8, 4) is 11.5 Å². The van der Waals surface area contributed by atoms with Gasteiger partial charge in [0, 0.05) is 18.5 Å². The summed E-state index contributed by atoms with van der Waals surface area (Å²) in [4.78, 5) is 22.4. The van der Waals surface area contributed by atoms with Crippen molar-refractivity contribution < 1.29 is 24.2 Å². The molecule has 1 aliphatic heterocycles. The highest BCUT2D eigenvalue weighted by molar-refractivity contribution is 5.75. The van der Waals surface area contributed by atoms with Gasteiger partial charge in [0.2, 0.25) is 0 Å². The normalized spacial score (nSPS) is 17.8. The second kappa shape index (κ2) is 7.63. The maximum Gasteiger partial charge on any atom is 0.314 e. The van der Waals surface area contributed by atoms with Gasteiger partial charge in [0.1, 0.15) is 13.2 Å². The number of hydrogen-bond acceptors (Lipinski definition) is 4. The molecule has 0 aromatic heterocycles. The van der Waals surface area contributed by atoms with E-state index in [1.165, 1.54) is 0 Å². The summed E-state index contributed by atoms with van der Waals surface area (Å²) in [6.45, 7) is 1.76. The molecule has 0 bridgehead atoms. The van der Waals surface area contributed by atoms with Crippen LogP contribution in [0, 0.1) is 0 Å². The minimum Gasteiger partial charge on any atom is -0.486 e. The van der Waals surface area contributed by atoms with Crippen molar-refractivity contribution in [2.45, 2.75) is 37.5 Å². The summed E-state index contributed by atoms with van der Waals surface area (Å²) in [5, 5.41) is 14.1. The Labute approximate surface area is 146 Å². The number of fused-ring (bicyclic) bond motifs is 1. The number of benzene rings is 1. The molecule has 1 aromatic rings. The lowest BCUT2D eigenvalue weighted by Crippen LogP contribution is -2.44. The van der Waals surface area contributed by atoms with E-state index in [0.717, 1.165) is 42.7 Å². The number of carbonyl (C=O) groups excluding carboxylic acids is 1. The van der Waals surface area contributed by atoms with Gasteiger partial charge in [0.25, 0.3) is 0 Å². The number of urea groups is 1. The van der Waals surface area contributed by atoms with Crippen molar-refractivity contribution in [3.63, 3.8) is 0 Å². The van der Waals surface area contributed by atoms with Crippen molar-refractivity contribution in [2.24, 2.45) is 0 Å². The van der Waals surface area contributed by atoms with Gasteiger partial charge in [-0.3, -0.25) is 4.79 Å². The molecule has 0 unspecified atom stereocenters. The first-order valence-corrected chi connectivity index (χ1v) is 8.73. The Kier molecular flexibility index (Phi) is 5.31. The summed E-state index contributed by atoms with van der Waals surface area (Å²) in [6, 6.07) is 5.70. The van der Waals surface area contributed by atoms with Gasteiger partial charge in [-0.05, 0) is 30.5 Å². The molecular formula is C18H24N2O5. The zero-order valence-corrected chi connectivity index (χ0v) is 14.2. The van der Waals surface area contributed by atoms with Crippen LogP contribution in [0.4, 0.5) is 4.79 Å². The lowest BCUT2D eigenvalue weighted by Gasteiger charge is -2.31. The van der Waals surface area contributed by atoms with Crippen LogP contribution in [0.5, 0.6) is 11.5 Å². The van der Waals surface area contributed by atoms with Crippen LogP contribution in [-0.2, 0) is 10.2 Å². The SMILES string of the molecule is O=C(O)CCNC(=O)NCC1(c2ccc3c(c2)OCCO3)CCCC1. The van der Waals surface area contributed by atoms with E-state index in [-0.39, 0.29) is 24.4 Å². The summed E-state index contributed by atoms with van der Waals surface area (Å²) in [5.74, 6) is 0.604. The van der Waals surface area contributed by atoms with E-state index in [1.54, 1.807) is 0 Å². The standard InChI is InChI=1S/C18H24N2O5/c21-16(22)5-8-19-17(23)20-12-18(6-1-2-7-18)13-3-4-14-15(11-13)25-10-9-24-14/h3-4,11H,1-2,5-10,12H2,(H,21,22)(H2,19,20,23). The summed E-state index contributed by atoms with van der Waals surface area (Å²) in [6.07, 6.45) is 4.17. The highest BCUT2D eigenvalue weighted by Gasteiger charge is 2.36. The number of aliphatic carboxylic acids is 1. The van der Waals surface area contributed by atoms with Crippen molar-refractivity contribution in [3.05, 3.63) is 23.8 Å². The van der Waals surface area contributed by atoms with Gasteiger partial charge in [0.05, 0.1) is 6.42 Å². The molecule has 1 fully saturated rings. The van der Waals surface area contributed by atoms with Gasteiger partial charge in [-0.25, -0.2) is 4.79 Å². The van der Waals surface area contributed by atoms with Crippen molar-refractivity contribution >= 4 is 12.0 Å². The van der Waals surface area contributed by atoms with E-state index >= 15 is 0 Å². The highest BCUT2D eigenvalue weighted by Crippen LogP contribution is 2.43. The van der Waals surface area contributed by atoms with Gasteiger partial charge >= 0.3 is 12.0 Å². The third kappa shape index (κ3) is 4.15. The average Bonchev–Trinajstić information content (AvgIpc) is 3.09. The van der Waals surface area contributed by atoms with E-state index in [4.69, 9.17) is 14.6 Å². The molecule has 3 rings (SSSR count). The summed E-state index contributed by atoms with van der Waals surface area (Å²) in [7, 11) is 0. The molecule has 3 N–H and O–H groups in total. The molecule has 1 saturated carbocycles. The second-order valence-electron chi connectivity index (χ2n) is 6.60. The van der Waals surface area contributed by atoms with Crippen molar-refractivity contribution in [1.29, 1.82) is 0 Å². The Bertz CT molecular complexity index is 640. The van der Waals surface area contributed by atoms with E-state index in [1.807, 2.05) is 12.1 Å². The second-order valence-corrected chi connectivity index (χ2v) is 6.60. The molecule has 1 aromatic carbocycles. The quantitative estimate of drug-likeness (QED) is 0.731. The predicted octanol–water partition coefficient (Wildman–Crippen LogP) is 2.04. The Morgan fingerprint density at radius 1 is 1.08 bits per heavy atom. The Hall–Kier alpha value is -2.44. The fraction of sp³-hybridized carbons (Fsp3) is 0.556. The number of amides is 2. The number of carboxylic acids is 1. The van der Waals surface area contributed by atoms with Crippen LogP contribution in [0.2, 0.25) is 0 Å². The molecule has 2 amide bonds. The molecule has 136 valence electrons. The van der Waals surface area contributed by atoms with Crippen LogP contribution in [-0.4, -0.2) is 43.4 Å². The number of carbonyl (C=O) groups is 2. The van der Waals surface area contributed by atoms with Crippen LogP contribution in [0.25, 0.3) is 0 Å². The fourth-order valence-electron chi connectivity index (χ4n) is 3.59. The number of rotatable bonds is 6. The fourth-order valence-corrected chi connectivity index (χ4v) is 3.59. The number of carboxylic acid groups (broad SMARTS) is 1. The average molecular weight is 348 g/mol. The Morgan fingerprint density at radius 3 is 2.52 bits per heavy atom. The maximum absolute atomic E-state index is 11.9. The molecule has 0 saturated heterocycles. The lowest BCUT2D eigenvalue weighted by molar-refractivity contribution is -0.136. The lowest BCUT2D eigenvalue weighted by atomic mass is 9.78. The topological polar surface area (TPSA) is 96.9 Å². The van der Waals surface area contributed by atoms with E-state index in [0.29, 0.717) is 19.8 Å². The molecule has 1 aliphatic carbocycles. The zero-order valence-electron chi connectivity index (χ0n) is 14.2. The molecule has 0 atom stereocenters. The van der Waals surface area contributed by atoms with E-state index in [2.05, 4.69) is 16.7 Å². The Balaban J connectivity index is 1.65. The summed E-state index contributed by atoms with van der Waals surface area (Å²) in [5.41, 5.74) is 1.04. The highest BCUT2D eigenvalue weighted by atomic mass is 16.6. The minimum absolute atomic E-state index is 0.0826. The zero-order chi connectivity index (χ0) is 17.7. The first-order valence-electron chi connectivity index (χ1n) is 8.73. The molecule has 7 nitrogen and oxygen atoms in total. The van der Waals surface area contributed by atoms with Crippen LogP contribution in [0.15, 0.2) is 18.2 Å². The van der Waals surface area contributed by atoms with Gasteiger partial charge in [-0.2, -0.15) is 0 Å². The van der Waals surface area contributed by atoms with Crippen LogP contribution < -0.4 is 20.1 Å². The smallest absolute Gasteiger partial charge is 0.314 e. The maximum atomic E-state index is 11.9. The van der Waals surface area contributed by atoms with Gasteiger partial charge in [0.15, 0.2) is 11.5 Å². The van der Waals surface area contributed by atoms with Crippen LogP contribution in [0.3, 0.4) is 0 Å². The summed E-state index contributed by atoms with van der Waals surface area (Å²) < 4.78 is 11.3. The third-order valence-electron chi connectivity index (χ3n) is 4.93. The largest absolute Gasteiger partial charge is 0.486 e. The first-order chi connectivity index (χ1) is 12.1. The van der Waals surface area contributed by atoms with Gasteiger partial charge in [-0.1, -0.05) is 18.9 Å². The number of ether oxygens (including phenoxy) is 2. The Morgan fingerprint density at radius 2 is 1.80 bits per heavy atom. The number of nitrogens with one attached hydrogen (secondary N) is 2. The first kappa shape index (κ1) is 17.4. The van der Waals surface area contributed by atoms with E-state index in [9.17, 15) is 9.59 Å². The van der Waals surface area contributed by atoms with Crippen LogP contribution in [0.1, 0.15) is 37.7 Å². The molecule has 25 heavy (non-hydrogen) atoms. The molecule has 0 spiro atoms. The van der Waals surface area contributed by atoms with Crippen LogP contribution >= 0.6 is 0 Å². The third-order valence-corrected chi connectivity index (χ3v) is 4.93. The van der Waals surface area contributed by atoms with Crippen molar-refractivity contribution in [1.82, 2.24) is 10.6 Å². The number of hydrogen-bond donors (Lipinski definition) is 3. The van der Waals surface area contributed by atoms with Gasteiger partial charge in [-0.15, -0.1) is 0 Å². The molecule has 0 radical (unpaired) electrons. The minimum atomic E-state index is -0.927. The predicted molar refractivity (Wildman–Crippen MR) is 91.2 cm³/mol. The molecular weight excluding hydrogens is 324 g/mol. The molecule has 2 aliphatic rings. The summed E-state index contributed by atoms with van der Waals surface area (Å²) >= 11 is 0.